The number of halogens is 1. The number of aryl methyl sites for hydroxylation is 1. The Balaban J connectivity index is 1.78. The van der Waals surface area contributed by atoms with Crippen molar-refractivity contribution < 1.29 is 23.8 Å². The van der Waals surface area contributed by atoms with E-state index in [0.717, 1.165) is 24.1 Å². The van der Waals surface area contributed by atoms with E-state index in [-0.39, 0.29) is 30.1 Å². The second-order valence-corrected chi connectivity index (χ2v) is 8.46. The van der Waals surface area contributed by atoms with Crippen molar-refractivity contribution in [1.82, 2.24) is 15.1 Å². The molecule has 1 aliphatic carbocycles. The van der Waals surface area contributed by atoms with Crippen LogP contribution in [0.3, 0.4) is 0 Å². The van der Waals surface area contributed by atoms with E-state index in [1.807, 2.05) is 25.1 Å². The van der Waals surface area contributed by atoms with Gasteiger partial charge in [0.15, 0.2) is 11.5 Å². The van der Waals surface area contributed by atoms with Crippen LogP contribution in [0, 0.1) is 6.92 Å². The van der Waals surface area contributed by atoms with Gasteiger partial charge in [0.1, 0.15) is 5.54 Å². The van der Waals surface area contributed by atoms with E-state index >= 15 is 0 Å². The van der Waals surface area contributed by atoms with Crippen LogP contribution in [-0.4, -0.2) is 47.2 Å². The number of hydrogen-bond donors (Lipinski definition) is 1. The van der Waals surface area contributed by atoms with Gasteiger partial charge in [0.05, 0.1) is 18.4 Å². The largest absolute Gasteiger partial charge is 0.513 e. The molecule has 1 aromatic carbocycles. The first-order valence-corrected chi connectivity index (χ1v) is 11.0. The molecule has 1 aromatic heterocycles. The van der Waals surface area contributed by atoms with Gasteiger partial charge in [-0.3, -0.25) is 4.79 Å². The van der Waals surface area contributed by atoms with Crippen LogP contribution in [0.5, 0.6) is 0 Å². The molecule has 0 saturated heterocycles. The van der Waals surface area contributed by atoms with Gasteiger partial charge < -0.3 is 19.5 Å². The maximum atomic E-state index is 13.2. The average molecular weight is 460 g/mol. The zero-order valence-corrected chi connectivity index (χ0v) is 19.1. The molecule has 0 bridgehead atoms. The number of aromatic nitrogens is 2. The van der Waals surface area contributed by atoms with Crippen molar-refractivity contribution in [2.75, 3.05) is 13.7 Å². The lowest BCUT2D eigenvalue weighted by Crippen LogP contribution is -2.49. The highest BCUT2D eigenvalue weighted by atomic mass is 35.5. The fourth-order valence-corrected chi connectivity index (χ4v) is 4.49. The minimum atomic E-state index is -0.840. The van der Waals surface area contributed by atoms with E-state index < -0.39 is 11.7 Å². The summed E-state index contributed by atoms with van der Waals surface area (Å²) in [7, 11) is 1.68. The average Bonchev–Trinajstić information content (AvgIpc) is 3.26. The fourth-order valence-electron chi connectivity index (χ4n) is 4.37. The normalized spacial score (nSPS) is 22.9. The molecule has 1 aliphatic heterocycles. The lowest BCUT2D eigenvalue weighted by atomic mass is 9.80. The summed E-state index contributed by atoms with van der Waals surface area (Å²) in [4.78, 5) is 25.5. The molecule has 0 unspecified atom stereocenters. The van der Waals surface area contributed by atoms with Gasteiger partial charge in [-0.2, -0.15) is 5.10 Å². The smallest absolute Gasteiger partial charge is 0.434 e. The quantitative estimate of drug-likeness (QED) is 0.670. The molecule has 2 aliphatic rings. The highest BCUT2D eigenvalue weighted by molar-refractivity contribution is 6.30. The molecule has 0 radical (unpaired) electrons. The number of hydrogen-bond acceptors (Lipinski definition) is 6. The van der Waals surface area contributed by atoms with Gasteiger partial charge in [0, 0.05) is 23.4 Å². The van der Waals surface area contributed by atoms with E-state index in [9.17, 15) is 9.59 Å². The van der Waals surface area contributed by atoms with Crippen LogP contribution in [0.2, 0.25) is 5.02 Å². The SMILES string of the molecule is CCOC(=O)OC1=C(n2nc(-c3ccc(Cl)cc3)cc2C)C(=O)NC12CCC(OC)CC2. The monoisotopic (exact) mass is 459 g/mol. The molecule has 8 nitrogen and oxygen atoms in total. The van der Waals surface area contributed by atoms with Gasteiger partial charge in [0.25, 0.3) is 5.91 Å². The minimum absolute atomic E-state index is 0.105. The Kier molecular flexibility index (Phi) is 6.26. The van der Waals surface area contributed by atoms with Crippen molar-refractivity contribution in [3.8, 4) is 11.3 Å². The van der Waals surface area contributed by atoms with Crippen LogP contribution in [0.15, 0.2) is 36.1 Å². The molecule has 1 N–H and O–H groups in total. The van der Waals surface area contributed by atoms with Gasteiger partial charge in [-0.1, -0.05) is 23.7 Å². The van der Waals surface area contributed by atoms with Gasteiger partial charge in [0.2, 0.25) is 0 Å². The van der Waals surface area contributed by atoms with Gasteiger partial charge >= 0.3 is 6.16 Å². The number of nitrogens with zero attached hydrogens (tertiary/aromatic N) is 2. The molecular formula is C23H26ClN3O5. The van der Waals surface area contributed by atoms with Crippen molar-refractivity contribution in [3.05, 3.63) is 46.8 Å². The minimum Gasteiger partial charge on any atom is -0.434 e. The summed E-state index contributed by atoms with van der Waals surface area (Å²) in [6, 6.07) is 9.16. The lowest BCUT2D eigenvalue weighted by Gasteiger charge is -2.37. The van der Waals surface area contributed by atoms with Crippen molar-refractivity contribution in [2.24, 2.45) is 0 Å². The Hall–Kier alpha value is -2.84. The molecule has 1 fully saturated rings. The summed E-state index contributed by atoms with van der Waals surface area (Å²) in [5.74, 6) is -0.0848. The number of methoxy groups -OCH3 is 1. The van der Waals surface area contributed by atoms with Crippen molar-refractivity contribution in [1.29, 1.82) is 0 Å². The zero-order valence-electron chi connectivity index (χ0n) is 18.3. The summed E-state index contributed by atoms with van der Waals surface area (Å²) in [5, 5.41) is 8.34. The molecule has 2 heterocycles. The van der Waals surface area contributed by atoms with Gasteiger partial charge in [-0.25, -0.2) is 9.48 Å². The highest BCUT2D eigenvalue weighted by Gasteiger charge is 2.51. The number of carbonyl (C=O) groups excluding carboxylic acids is 2. The van der Waals surface area contributed by atoms with Gasteiger partial charge in [-0.05, 0) is 57.7 Å². The number of ether oxygens (including phenoxy) is 3. The Labute approximate surface area is 191 Å². The third-order valence-electron chi connectivity index (χ3n) is 6.02. The van der Waals surface area contributed by atoms with Crippen LogP contribution in [-0.2, 0) is 19.0 Å². The standard InChI is InChI=1S/C23H26ClN3O5/c1-4-31-22(29)32-20-19(21(28)25-23(20)11-9-17(30-3)10-12-23)27-14(2)13-18(26-27)15-5-7-16(24)8-6-15/h5-8,13,17H,4,9-12H2,1-3H3,(H,25,28). The van der Waals surface area contributed by atoms with Crippen LogP contribution in [0.1, 0.15) is 38.3 Å². The number of benzene rings is 1. The lowest BCUT2D eigenvalue weighted by molar-refractivity contribution is -0.117. The number of rotatable bonds is 5. The maximum absolute atomic E-state index is 13.2. The molecule has 9 heteroatoms. The second kappa shape index (κ2) is 8.96. The first-order chi connectivity index (χ1) is 15.4. The Morgan fingerprint density at radius 2 is 1.97 bits per heavy atom. The first kappa shape index (κ1) is 22.4. The molecule has 1 spiro atoms. The van der Waals surface area contributed by atoms with E-state index in [2.05, 4.69) is 10.4 Å². The first-order valence-electron chi connectivity index (χ1n) is 10.6. The summed E-state index contributed by atoms with van der Waals surface area (Å²) < 4.78 is 17.7. The summed E-state index contributed by atoms with van der Waals surface area (Å²) in [5.41, 5.74) is 1.67. The molecular weight excluding hydrogens is 434 g/mol. The van der Waals surface area contributed by atoms with Crippen molar-refractivity contribution in [3.63, 3.8) is 0 Å². The van der Waals surface area contributed by atoms with E-state index in [1.54, 1.807) is 26.2 Å². The third kappa shape index (κ3) is 4.12. The predicted molar refractivity (Wildman–Crippen MR) is 119 cm³/mol. The maximum Gasteiger partial charge on any atom is 0.513 e. The zero-order chi connectivity index (χ0) is 22.9. The summed E-state index contributed by atoms with van der Waals surface area (Å²) in [6.07, 6.45) is 1.89. The Bertz CT molecular complexity index is 1050. The molecule has 4 rings (SSSR count). The molecule has 1 amide bonds. The highest BCUT2D eigenvalue weighted by Crippen LogP contribution is 2.42. The molecule has 2 aromatic rings. The molecule has 170 valence electrons. The molecule has 32 heavy (non-hydrogen) atoms. The summed E-state index contributed by atoms with van der Waals surface area (Å²) in [6.45, 7) is 3.72. The number of carbonyl (C=O) groups is 2. The fraction of sp³-hybridized carbons (Fsp3) is 0.435. The number of amides is 1. The molecule has 1 saturated carbocycles. The topological polar surface area (TPSA) is 91.7 Å². The van der Waals surface area contributed by atoms with Crippen molar-refractivity contribution >= 4 is 29.4 Å². The Morgan fingerprint density at radius 1 is 1.28 bits per heavy atom. The van der Waals surface area contributed by atoms with E-state index in [4.69, 9.17) is 25.8 Å². The van der Waals surface area contributed by atoms with Gasteiger partial charge in [-0.15, -0.1) is 0 Å². The Morgan fingerprint density at radius 3 is 2.59 bits per heavy atom. The van der Waals surface area contributed by atoms with E-state index in [0.29, 0.717) is 23.6 Å². The van der Waals surface area contributed by atoms with Crippen LogP contribution < -0.4 is 5.32 Å². The van der Waals surface area contributed by atoms with Crippen LogP contribution in [0.25, 0.3) is 17.0 Å². The molecule has 0 atom stereocenters. The summed E-state index contributed by atoms with van der Waals surface area (Å²) >= 11 is 6.00. The van der Waals surface area contributed by atoms with Crippen LogP contribution in [0.4, 0.5) is 4.79 Å². The second-order valence-electron chi connectivity index (χ2n) is 8.02. The third-order valence-corrected chi connectivity index (χ3v) is 6.28. The van der Waals surface area contributed by atoms with Crippen molar-refractivity contribution in [2.45, 2.75) is 51.2 Å². The van der Waals surface area contributed by atoms with E-state index in [1.165, 1.54) is 4.68 Å². The number of nitrogens with one attached hydrogen (secondary N) is 1. The predicted octanol–water partition coefficient (Wildman–Crippen LogP) is 4.31. The van der Waals surface area contributed by atoms with Crippen LogP contribution >= 0.6 is 11.6 Å².